The van der Waals surface area contributed by atoms with E-state index < -0.39 is 0 Å². The molecule has 0 aliphatic heterocycles. The van der Waals surface area contributed by atoms with Crippen LogP contribution in [0, 0.1) is 12.8 Å². The van der Waals surface area contributed by atoms with E-state index in [1.165, 1.54) is 12.8 Å². The summed E-state index contributed by atoms with van der Waals surface area (Å²) in [7, 11) is 1.61. The second-order valence-corrected chi connectivity index (χ2v) is 6.83. The van der Waals surface area contributed by atoms with Crippen molar-refractivity contribution in [1.29, 1.82) is 0 Å². The molecular weight excluding hydrogens is 310 g/mol. The van der Waals surface area contributed by atoms with Crippen LogP contribution in [0.15, 0.2) is 17.2 Å². The van der Waals surface area contributed by atoms with Crippen LogP contribution < -0.4 is 4.74 Å². The Labute approximate surface area is 144 Å². The molecule has 5 heteroatoms. The predicted molar refractivity (Wildman–Crippen MR) is 95.1 cm³/mol. The quantitative estimate of drug-likeness (QED) is 0.434. The number of methoxy groups -OCH3 is 1. The molecular formula is C18H29NO3S. The topological polar surface area (TPSA) is 48.4 Å². The SMILES string of the molecule is CCCCC(CC)COC(=O)CCSc1cnc(OC)cc1C. The summed E-state index contributed by atoms with van der Waals surface area (Å²) in [5.74, 6) is 1.72. The molecule has 0 fully saturated rings. The average Bonchev–Trinajstić information content (AvgIpc) is 2.56. The first-order valence-electron chi connectivity index (χ1n) is 8.39. The van der Waals surface area contributed by atoms with Gasteiger partial charge in [0.1, 0.15) is 0 Å². The van der Waals surface area contributed by atoms with Crippen molar-refractivity contribution < 1.29 is 14.3 Å². The third kappa shape index (κ3) is 7.73. The maximum Gasteiger partial charge on any atom is 0.306 e. The number of hydrogen-bond donors (Lipinski definition) is 0. The van der Waals surface area contributed by atoms with Crippen LogP contribution in [0.1, 0.15) is 51.5 Å². The molecule has 130 valence electrons. The second-order valence-electron chi connectivity index (χ2n) is 5.69. The molecule has 0 bridgehead atoms. The number of carbonyl (C=O) groups is 1. The summed E-state index contributed by atoms with van der Waals surface area (Å²) >= 11 is 1.63. The van der Waals surface area contributed by atoms with Gasteiger partial charge in [0.05, 0.1) is 20.1 Å². The molecule has 0 radical (unpaired) electrons. The van der Waals surface area contributed by atoms with Gasteiger partial charge < -0.3 is 9.47 Å². The normalized spacial score (nSPS) is 12.0. The van der Waals surface area contributed by atoms with E-state index in [-0.39, 0.29) is 5.97 Å². The summed E-state index contributed by atoms with van der Waals surface area (Å²) < 4.78 is 10.5. The maximum absolute atomic E-state index is 11.8. The van der Waals surface area contributed by atoms with Crippen LogP contribution in [0.2, 0.25) is 0 Å². The zero-order valence-electron chi connectivity index (χ0n) is 14.8. The van der Waals surface area contributed by atoms with Crippen LogP contribution in [0.25, 0.3) is 0 Å². The molecule has 0 N–H and O–H groups in total. The molecule has 1 aromatic heterocycles. The van der Waals surface area contributed by atoms with Crippen molar-refractivity contribution >= 4 is 17.7 Å². The molecule has 0 saturated heterocycles. The van der Waals surface area contributed by atoms with E-state index in [2.05, 4.69) is 18.8 Å². The van der Waals surface area contributed by atoms with E-state index in [1.54, 1.807) is 25.1 Å². The van der Waals surface area contributed by atoms with Crippen LogP contribution in [0.5, 0.6) is 5.88 Å². The van der Waals surface area contributed by atoms with Gasteiger partial charge in [-0.1, -0.05) is 33.1 Å². The van der Waals surface area contributed by atoms with Crippen molar-refractivity contribution in [2.75, 3.05) is 19.5 Å². The number of aryl methyl sites for hydroxylation is 1. The molecule has 1 atom stereocenters. The van der Waals surface area contributed by atoms with Gasteiger partial charge in [-0.25, -0.2) is 4.98 Å². The van der Waals surface area contributed by atoms with Crippen LogP contribution in [-0.4, -0.2) is 30.4 Å². The third-order valence-electron chi connectivity index (χ3n) is 3.83. The van der Waals surface area contributed by atoms with Gasteiger partial charge in [0.15, 0.2) is 0 Å². The minimum absolute atomic E-state index is 0.105. The molecule has 1 aromatic rings. The molecule has 0 spiro atoms. The number of aromatic nitrogens is 1. The Morgan fingerprint density at radius 1 is 1.39 bits per heavy atom. The number of hydrogen-bond acceptors (Lipinski definition) is 5. The Kier molecular flexibility index (Phi) is 9.76. The van der Waals surface area contributed by atoms with Gasteiger partial charge in [0, 0.05) is 22.9 Å². The molecule has 0 aliphatic carbocycles. The lowest BCUT2D eigenvalue weighted by molar-refractivity contribution is -0.144. The van der Waals surface area contributed by atoms with E-state index in [9.17, 15) is 4.79 Å². The number of unbranched alkanes of at least 4 members (excludes halogenated alkanes) is 1. The summed E-state index contributed by atoms with van der Waals surface area (Å²) in [4.78, 5) is 17.1. The minimum Gasteiger partial charge on any atom is -0.481 e. The lowest BCUT2D eigenvalue weighted by Crippen LogP contribution is -2.14. The molecule has 0 saturated carbocycles. The largest absolute Gasteiger partial charge is 0.481 e. The third-order valence-corrected chi connectivity index (χ3v) is 4.98. The highest BCUT2D eigenvalue weighted by molar-refractivity contribution is 7.99. The Hall–Kier alpha value is -1.23. The Morgan fingerprint density at radius 2 is 2.17 bits per heavy atom. The number of esters is 1. The van der Waals surface area contributed by atoms with Crippen LogP contribution in [-0.2, 0) is 9.53 Å². The van der Waals surface area contributed by atoms with Crippen molar-refractivity contribution in [1.82, 2.24) is 4.98 Å². The van der Waals surface area contributed by atoms with Crippen molar-refractivity contribution in [2.24, 2.45) is 5.92 Å². The Bertz CT molecular complexity index is 479. The van der Waals surface area contributed by atoms with Crippen molar-refractivity contribution in [3.8, 4) is 5.88 Å². The van der Waals surface area contributed by atoms with Gasteiger partial charge in [-0.2, -0.15) is 0 Å². The summed E-state index contributed by atoms with van der Waals surface area (Å²) in [5, 5.41) is 0. The van der Waals surface area contributed by atoms with Gasteiger partial charge >= 0.3 is 5.97 Å². The van der Waals surface area contributed by atoms with Crippen LogP contribution in [0.4, 0.5) is 0 Å². The van der Waals surface area contributed by atoms with Crippen molar-refractivity contribution in [3.05, 3.63) is 17.8 Å². The number of nitrogens with zero attached hydrogens (tertiary/aromatic N) is 1. The van der Waals surface area contributed by atoms with Crippen molar-refractivity contribution in [3.63, 3.8) is 0 Å². The molecule has 1 unspecified atom stereocenters. The predicted octanol–water partition coefficient (Wildman–Crippen LogP) is 4.64. The number of ether oxygens (including phenoxy) is 2. The average molecular weight is 340 g/mol. The summed E-state index contributed by atoms with van der Waals surface area (Å²) in [6.07, 6.45) is 6.83. The van der Waals surface area contributed by atoms with Crippen molar-refractivity contribution in [2.45, 2.75) is 57.8 Å². The number of rotatable bonds is 11. The first-order valence-corrected chi connectivity index (χ1v) is 9.38. The Balaban J connectivity index is 2.28. The van der Waals surface area contributed by atoms with E-state index in [1.807, 2.05) is 13.0 Å². The van der Waals surface area contributed by atoms with E-state index in [0.717, 1.165) is 23.3 Å². The maximum atomic E-state index is 11.8. The summed E-state index contributed by atoms with van der Waals surface area (Å²) in [6, 6.07) is 1.90. The van der Waals surface area contributed by atoms with Gasteiger partial charge in [0.2, 0.25) is 5.88 Å². The molecule has 0 aliphatic rings. The van der Waals surface area contributed by atoms with E-state index >= 15 is 0 Å². The monoisotopic (exact) mass is 339 g/mol. The zero-order chi connectivity index (χ0) is 17.1. The number of thioether (sulfide) groups is 1. The van der Waals surface area contributed by atoms with Gasteiger partial charge in [-0.05, 0) is 24.8 Å². The van der Waals surface area contributed by atoms with E-state index in [4.69, 9.17) is 9.47 Å². The molecule has 1 heterocycles. The fourth-order valence-electron chi connectivity index (χ4n) is 2.21. The standard InChI is InChI=1S/C18H29NO3S/c1-5-7-8-15(6-2)13-22-18(20)9-10-23-16-12-19-17(21-4)11-14(16)3/h11-12,15H,5-10,13H2,1-4H3. The highest BCUT2D eigenvalue weighted by atomic mass is 32.2. The summed E-state index contributed by atoms with van der Waals surface area (Å²) in [5.41, 5.74) is 1.11. The first-order chi connectivity index (χ1) is 11.1. The number of carbonyl (C=O) groups excluding carboxylic acids is 1. The lowest BCUT2D eigenvalue weighted by atomic mass is 10.0. The highest BCUT2D eigenvalue weighted by Crippen LogP contribution is 2.24. The molecule has 0 amide bonds. The fraction of sp³-hybridized carbons (Fsp3) is 0.667. The molecule has 23 heavy (non-hydrogen) atoms. The summed E-state index contributed by atoms with van der Waals surface area (Å²) in [6.45, 7) is 6.92. The van der Waals surface area contributed by atoms with E-state index in [0.29, 0.717) is 30.6 Å². The minimum atomic E-state index is -0.105. The first kappa shape index (κ1) is 19.8. The molecule has 0 aromatic carbocycles. The van der Waals surface area contributed by atoms with Gasteiger partial charge in [0.25, 0.3) is 0 Å². The zero-order valence-corrected chi connectivity index (χ0v) is 15.6. The molecule has 1 rings (SSSR count). The lowest BCUT2D eigenvalue weighted by Gasteiger charge is -2.14. The van der Waals surface area contributed by atoms with Crippen LogP contribution in [0.3, 0.4) is 0 Å². The molecule has 4 nitrogen and oxygen atoms in total. The Morgan fingerprint density at radius 3 is 2.78 bits per heavy atom. The fourth-order valence-corrected chi connectivity index (χ4v) is 3.11. The van der Waals surface area contributed by atoms with Crippen LogP contribution >= 0.6 is 11.8 Å². The second kappa shape index (κ2) is 11.3. The van der Waals surface area contributed by atoms with Gasteiger partial charge in [-0.15, -0.1) is 11.8 Å². The number of pyridine rings is 1. The highest BCUT2D eigenvalue weighted by Gasteiger charge is 2.10. The van der Waals surface area contributed by atoms with Gasteiger partial charge in [-0.3, -0.25) is 4.79 Å². The smallest absolute Gasteiger partial charge is 0.306 e.